The van der Waals surface area contributed by atoms with Gasteiger partial charge < -0.3 is 5.32 Å². The number of hydrogen-bond donors (Lipinski definition) is 1. The van der Waals surface area contributed by atoms with Crippen molar-refractivity contribution >= 4 is 6.08 Å². The van der Waals surface area contributed by atoms with E-state index in [1.54, 1.807) is 0 Å². The second-order valence-electron chi connectivity index (χ2n) is 4.16. The third kappa shape index (κ3) is 3.21. The van der Waals surface area contributed by atoms with E-state index in [0.717, 1.165) is 19.4 Å². The van der Waals surface area contributed by atoms with Crippen molar-refractivity contribution in [3.05, 3.63) is 40.5 Å². The Morgan fingerprint density at radius 3 is 2.12 bits per heavy atom. The highest BCUT2D eigenvalue weighted by molar-refractivity contribution is 5.59. The molecule has 0 aromatic heterocycles. The van der Waals surface area contributed by atoms with Crippen molar-refractivity contribution in [1.82, 2.24) is 5.32 Å². The molecule has 16 heavy (non-hydrogen) atoms. The van der Waals surface area contributed by atoms with Crippen LogP contribution in [0.1, 0.15) is 36.1 Å². The molecule has 0 atom stereocenters. The Hall–Kier alpha value is -1.08. The van der Waals surface area contributed by atoms with Gasteiger partial charge >= 0.3 is 0 Å². The lowest BCUT2D eigenvalue weighted by Crippen LogP contribution is -2.04. The largest absolute Gasteiger partial charge is 0.316 e. The molecule has 0 heterocycles. The molecule has 0 saturated carbocycles. The third-order valence-corrected chi connectivity index (χ3v) is 2.86. The minimum absolute atomic E-state index is 0.931. The molecule has 1 N–H and O–H groups in total. The number of likely N-dealkylation sites (N-methyl/N-ethyl adjacent to an activating group) is 1. The lowest BCUT2D eigenvalue weighted by molar-refractivity contribution is 0.922. The highest BCUT2D eigenvalue weighted by atomic mass is 14.8. The van der Waals surface area contributed by atoms with Crippen LogP contribution in [0.5, 0.6) is 0 Å². The van der Waals surface area contributed by atoms with Crippen LogP contribution < -0.4 is 5.32 Å². The lowest BCUT2D eigenvalue weighted by atomic mass is 9.94. The first-order chi connectivity index (χ1) is 7.72. The number of aryl methyl sites for hydroxylation is 3. The van der Waals surface area contributed by atoms with E-state index in [9.17, 15) is 0 Å². The average molecular weight is 217 g/mol. The van der Waals surface area contributed by atoms with Crippen LogP contribution in [-0.2, 0) is 12.8 Å². The Kier molecular flexibility index (Phi) is 5.27. The van der Waals surface area contributed by atoms with E-state index < -0.39 is 0 Å². The van der Waals surface area contributed by atoms with Crippen molar-refractivity contribution in [3.63, 3.8) is 0 Å². The molecule has 0 saturated heterocycles. The van der Waals surface area contributed by atoms with Crippen LogP contribution in [0.4, 0.5) is 0 Å². The Bertz CT molecular complexity index is 339. The van der Waals surface area contributed by atoms with Crippen LogP contribution >= 0.6 is 0 Å². The third-order valence-electron chi connectivity index (χ3n) is 2.86. The van der Waals surface area contributed by atoms with E-state index in [1.807, 2.05) is 7.05 Å². The zero-order valence-corrected chi connectivity index (χ0v) is 10.9. The fourth-order valence-corrected chi connectivity index (χ4v) is 2.05. The van der Waals surface area contributed by atoms with Crippen LogP contribution in [0.2, 0.25) is 0 Å². The molecule has 0 aliphatic heterocycles. The lowest BCUT2D eigenvalue weighted by Gasteiger charge is -2.11. The van der Waals surface area contributed by atoms with Gasteiger partial charge in [0.05, 0.1) is 0 Å². The SMILES string of the molecule is CCc1cc(C)cc(CC)c1C=CCNC. The molecule has 0 amide bonds. The summed E-state index contributed by atoms with van der Waals surface area (Å²) in [4.78, 5) is 0. The minimum Gasteiger partial charge on any atom is -0.316 e. The molecule has 0 aliphatic carbocycles. The van der Waals surface area contributed by atoms with E-state index in [0.29, 0.717) is 0 Å². The van der Waals surface area contributed by atoms with Crippen molar-refractivity contribution in [1.29, 1.82) is 0 Å². The van der Waals surface area contributed by atoms with Gasteiger partial charge in [-0.15, -0.1) is 0 Å². The zero-order valence-electron chi connectivity index (χ0n) is 10.9. The summed E-state index contributed by atoms with van der Waals surface area (Å²) in [5.74, 6) is 0. The highest BCUT2D eigenvalue weighted by Crippen LogP contribution is 2.20. The Balaban J connectivity index is 3.11. The van der Waals surface area contributed by atoms with Gasteiger partial charge in [-0.25, -0.2) is 0 Å². The molecule has 0 spiro atoms. The standard InChI is InChI=1S/C15H23N/c1-5-13-10-12(3)11-14(6-2)15(13)8-7-9-16-4/h7-8,10-11,16H,5-6,9H2,1-4H3. The van der Waals surface area contributed by atoms with Gasteiger partial charge in [-0.2, -0.15) is 0 Å². The summed E-state index contributed by atoms with van der Waals surface area (Å²) < 4.78 is 0. The monoisotopic (exact) mass is 217 g/mol. The molecule has 0 aliphatic rings. The molecule has 0 fully saturated rings. The predicted molar refractivity (Wildman–Crippen MR) is 72.9 cm³/mol. The van der Waals surface area contributed by atoms with E-state index in [-0.39, 0.29) is 0 Å². The summed E-state index contributed by atoms with van der Waals surface area (Å²) in [6.07, 6.45) is 6.67. The Labute approximate surface area is 99.6 Å². The normalized spacial score (nSPS) is 11.2. The predicted octanol–water partition coefficient (Wildman–Crippen LogP) is 3.35. The Morgan fingerprint density at radius 1 is 1.12 bits per heavy atom. The summed E-state index contributed by atoms with van der Waals surface area (Å²) in [7, 11) is 1.97. The topological polar surface area (TPSA) is 12.0 Å². The summed E-state index contributed by atoms with van der Waals surface area (Å²) in [6.45, 7) is 7.56. The molecular formula is C15H23N. The van der Waals surface area contributed by atoms with Gasteiger partial charge in [0.1, 0.15) is 0 Å². The van der Waals surface area contributed by atoms with Gasteiger partial charge in [0.2, 0.25) is 0 Å². The maximum absolute atomic E-state index is 3.14. The molecule has 1 rings (SSSR count). The molecule has 1 aromatic carbocycles. The van der Waals surface area contributed by atoms with E-state index in [1.165, 1.54) is 22.3 Å². The first-order valence-corrected chi connectivity index (χ1v) is 6.16. The van der Waals surface area contributed by atoms with Gasteiger partial charge in [0.15, 0.2) is 0 Å². The number of nitrogens with one attached hydrogen (secondary N) is 1. The van der Waals surface area contributed by atoms with Crippen LogP contribution in [0.3, 0.4) is 0 Å². The van der Waals surface area contributed by atoms with Crippen molar-refractivity contribution in [2.24, 2.45) is 0 Å². The summed E-state index contributed by atoms with van der Waals surface area (Å²) in [6, 6.07) is 4.61. The van der Waals surface area contributed by atoms with Gasteiger partial charge in [-0.05, 0) is 43.5 Å². The summed E-state index contributed by atoms with van der Waals surface area (Å²) in [5.41, 5.74) is 5.72. The molecule has 0 radical (unpaired) electrons. The fraction of sp³-hybridized carbons (Fsp3) is 0.467. The Morgan fingerprint density at radius 2 is 1.69 bits per heavy atom. The average Bonchev–Trinajstić information content (AvgIpc) is 2.30. The second kappa shape index (κ2) is 6.49. The maximum Gasteiger partial charge on any atom is 0.0135 e. The fourth-order valence-electron chi connectivity index (χ4n) is 2.05. The molecule has 88 valence electrons. The molecule has 1 heteroatoms. The van der Waals surface area contributed by atoms with Gasteiger partial charge in [0, 0.05) is 6.54 Å². The van der Waals surface area contributed by atoms with E-state index in [4.69, 9.17) is 0 Å². The second-order valence-corrected chi connectivity index (χ2v) is 4.16. The highest BCUT2D eigenvalue weighted by Gasteiger charge is 2.04. The first-order valence-electron chi connectivity index (χ1n) is 6.16. The summed E-state index contributed by atoms with van der Waals surface area (Å²) in [5, 5.41) is 3.14. The summed E-state index contributed by atoms with van der Waals surface area (Å²) >= 11 is 0. The molecule has 0 unspecified atom stereocenters. The van der Waals surface area contributed by atoms with Gasteiger partial charge in [-0.3, -0.25) is 0 Å². The van der Waals surface area contributed by atoms with Crippen LogP contribution in [0, 0.1) is 6.92 Å². The quantitative estimate of drug-likeness (QED) is 0.797. The molecular weight excluding hydrogens is 194 g/mol. The van der Waals surface area contributed by atoms with E-state index >= 15 is 0 Å². The molecule has 1 aromatic rings. The number of rotatable bonds is 5. The minimum atomic E-state index is 0.931. The smallest absolute Gasteiger partial charge is 0.0135 e. The van der Waals surface area contributed by atoms with Crippen LogP contribution in [0.25, 0.3) is 6.08 Å². The zero-order chi connectivity index (χ0) is 12.0. The van der Waals surface area contributed by atoms with Gasteiger partial charge in [-0.1, -0.05) is 43.7 Å². The number of benzene rings is 1. The van der Waals surface area contributed by atoms with E-state index in [2.05, 4.69) is 50.4 Å². The van der Waals surface area contributed by atoms with Crippen LogP contribution in [0.15, 0.2) is 18.2 Å². The van der Waals surface area contributed by atoms with Gasteiger partial charge in [0.25, 0.3) is 0 Å². The van der Waals surface area contributed by atoms with Crippen LogP contribution in [-0.4, -0.2) is 13.6 Å². The van der Waals surface area contributed by atoms with Crippen molar-refractivity contribution in [3.8, 4) is 0 Å². The van der Waals surface area contributed by atoms with Crippen molar-refractivity contribution < 1.29 is 0 Å². The van der Waals surface area contributed by atoms with Crippen molar-refractivity contribution in [2.45, 2.75) is 33.6 Å². The first kappa shape index (κ1) is 13.0. The van der Waals surface area contributed by atoms with Crippen molar-refractivity contribution in [2.75, 3.05) is 13.6 Å². The number of hydrogen-bond acceptors (Lipinski definition) is 1. The molecule has 1 nitrogen and oxygen atoms in total. The maximum atomic E-state index is 3.14. The molecule has 0 bridgehead atoms.